The first-order valence-electron chi connectivity index (χ1n) is 6.15. The van der Waals surface area contributed by atoms with Gasteiger partial charge in [-0.15, -0.1) is 11.3 Å². The highest BCUT2D eigenvalue weighted by Crippen LogP contribution is 2.32. The largest absolute Gasteiger partial charge is 0.391 e. The van der Waals surface area contributed by atoms with E-state index in [9.17, 15) is 8.78 Å². The third kappa shape index (κ3) is 2.78. The Balaban J connectivity index is 1.87. The van der Waals surface area contributed by atoms with E-state index in [-0.39, 0.29) is 6.42 Å². The first-order valence-corrected chi connectivity index (χ1v) is 6.97. The van der Waals surface area contributed by atoms with Crippen LogP contribution in [0.4, 0.5) is 13.8 Å². The Morgan fingerprint density at radius 2 is 2.10 bits per heavy atom. The second-order valence-corrected chi connectivity index (χ2v) is 5.67. The first kappa shape index (κ1) is 13.7. The molecule has 2 heterocycles. The van der Waals surface area contributed by atoms with Crippen LogP contribution in [0, 0.1) is 18.6 Å². The summed E-state index contributed by atoms with van der Waals surface area (Å²) in [6.45, 7) is 1.89. The maximum absolute atomic E-state index is 13.6. The van der Waals surface area contributed by atoms with Crippen molar-refractivity contribution in [3.63, 3.8) is 0 Å². The minimum atomic E-state index is -0.627. The number of nitrogens with two attached hydrogens (primary N) is 1. The van der Waals surface area contributed by atoms with E-state index in [4.69, 9.17) is 10.3 Å². The average molecular weight is 307 g/mol. The van der Waals surface area contributed by atoms with E-state index in [1.165, 1.54) is 23.5 Å². The van der Waals surface area contributed by atoms with Gasteiger partial charge in [-0.2, -0.15) is 4.98 Å². The van der Waals surface area contributed by atoms with Crippen molar-refractivity contribution in [2.45, 2.75) is 13.3 Å². The molecule has 1 aromatic carbocycles. The van der Waals surface area contributed by atoms with Gasteiger partial charge in [-0.1, -0.05) is 11.2 Å². The van der Waals surface area contributed by atoms with Gasteiger partial charge in [0, 0.05) is 12.5 Å². The number of benzene rings is 1. The maximum Gasteiger partial charge on any atom is 0.268 e. The lowest BCUT2D eigenvalue weighted by Crippen LogP contribution is -1.95. The molecule has 21 heavy (non-hydrogen) atoms. The van der Waals surface area contributed by atoms with Gasteiger partial charge in [0.2, 0.25) is 0 Å². The van der Waals surface area contributed by atoms with E-state index < -0.39 is 11.6 Å². The van der Waals surface area contributed by atoms with E-state index in [1.807, 2.05) is 13.0 Å². The lowest BCUT2D eigenvalue weighted by molar-refractivity contribution is 0.424. The highest BCUT2D eigenvalue weighted by Gasteiger charge is 2.15. The molecule has 0 saturated carbocycles. The van der Waals surface area contributed by atoms with Crippen molar-refractivity contribution in [2.75, 3.05) is 5.73 Å². The number of thiophene rings is 1. The molecule has 0 aliphatic heterocycles. The summed E-state index contributed by atoms with van der Waals surface area (Å²) in [5.41, 5.74) is 6.98. The summed E-state index contributed by atoms with van der Waals surface area (Å²) < 4.78 is 31.6. The minimum Gasteiger partial charge on any atom is -0.391 e. The molecular weight excluding hydrogens is 296 g/mol. The van der Waals surface area contributed by atoms with Gasteiger partial charge in [0.05, 0.1) is 9.88 Å². The zero-order valence-corrected chi connectivity index (χ0v) is 11.9. The van der Waals surface area contributed by atoms with Gasteiger partial charge < -0.3 is 10.3 Å². The molecule has 0 atom stereocenters. The van der Waals surface area contributed by atoms with Crippen LogP contribution in [0.1, 0.15) is 17.0 Å². The van der Waals surface area contributed by atoms with Gasteiger partial charge in [0.15, 0.2) is 5.82 Å². The van der Waals surface area contributed by atoms with Crippen LogP contribution in [0.25, 0.3) is 10.8 Å². The molecule has 0 fully saturated rings. The predicted octanol–water partition coefficient (Wildman–Crippen LogP) is 3.56. The van der Waals surface area contributed by atoms with E-state index in [0.29, 0.717) is 22.3 Å². The molecule has 0 amide bonds. The molecule has 3 aromatic rings. The fourth-order valence-corrected chi connectivity index (χ4v) is 2.83. The van der Waals surface area contributed by atoms with E-state index in [0.717, 1.165) is 16.5 Å². The third-order valence-corrected chi connectivity index (χ3v) is 4.02. The first-order chi connectivity index (χ1) is 10.0. The van der Waals surface area contributed by atoms with E-state index >= 15 is 0 Å². The standard InChI is InChI=1S/C14H11F2N3OS/c1-7-4-11(17)21-13(7)14-18-12(19-20-14)5-8-2-3-9(15)6-10(8)16/h2-4,6H,5,17H2,1H3. The summed E-state index contributed by atoms with van der Waals surface area (Å²) in [5, 5.41) is 4.48. The Bertz CT molecular complexity index is 797. The monoisotopic (exact) mass is 307 g/mol. The second-order valence-electron chi connectivity index (χ2n) is 4.59. The lowest BCUT2D eigenvalue weighted by atomic mass is 10.1. The smallest absolute Gasteiger partial charge is 0.268 e. The third-order valence-electron chi connectivity index (χ3n) is 2.96. The molecule has 2 aromatic heterocycles. The Morgan fingerprint density at radius 3 is 2.76 bits per heavy atom. The average Bonchev–Trinajstić information content (AvgIpc) is 2.99. The predicted molar refractivity (Wildman–Crippen MR) is 75.9 cm³/mol. The fraction of sp³-hybridized carbons (Fsp3) is 0.143. The minimum absolute atomic E-state index is 0.134. The van der Waals surface area contributed by atoms with Crippen molar-refractivity contribution in [1.29, 1.82) is 0 Å². The van der Waals surface area contributed by atoms with E-state index in [1.54, 1.807) is 0 Å². The Kier molecular flexibility index (Phi) is 3.42. The van der Waals surface area contributed by atoms with Crippen LogP contribution >= 0.6 is 11.3 Å². The van der Waals surface area contributed by atoms with Crippen LogP contribution in [0.15, 0.2) is 28.8 Å². The molecule has 0 aliphatic carbocycles. The summed E-state index contributed by atoms with van der Waals surface area (Å²) >= 11 is 1.35. The number of nitrogens with zero attached hydrogens (tertiary/aromatic N) is 2. The number of aromatic nitrogens is 2. The Hall–Kier alpha value is -2.28. The summed E-state index contributed by atoms with van der Waals surface area (Å²) in [4.78, 5) is 5.03. The number of rotatable bonds is 3. The van der Waals surface area contributed by atoms with Gasteiger partial charge in [-0.3, -0.25) is 0 Å². The van der Waals surface area contributed by atoms with Crippen molar-refractivity contribution >= 4 is 16.3 Å². The van der Waals surface area contributed by atoms with Gasteiger partial charge in [-0.05, 0) is 30.2 Å². The normalized spacial score (nSPS) is 11.0. The molecular formula is C14H11F2N3OS. The van der Waals surface area contributed by atoms with E-state index in [2.05, 4.69) is 10.1 Å². The summed E-state index contributed by atoms with van der Waals surface area (Å²) in [6, 6.07) is 5.22. The zero-order valence-electron chi connectivity index (χ0n) is 11.1. The highest BCUT2D eigenvalue weighted by atomic mass is 32.1. The molecule has 0 radical (unpaired) electrons. The number of halogens is 2. The van der Waals surface area contributed by atoms with Gasteiger partial charge in [-0.25, -0.2) is 8.78 Å². The van der Waals surface area contributed by atoms with Crippen molar-refractivity contribution in [3.8, 4) is 10.8 Å². The molecule has 0 unspecified atom stereocenters. The van der Waals surface area contributed by atoms with Gasteiger partial charge in [0.25, 0.3) is 5.89 Å². The molecule has 0 spiro atoms. The zero-order chi connectivity index (χ0) is 15.0. The molecule has 7 heteroatoms. The topological polar surface area (TPSA) is 64.9 Å². The quantitative estimate of drug-likeness (QED) is 0.803. The van der Waals surface area contributed by atoms with Crippen LogP contribution < -0.4 is 5.73 Å². The Morgan fingerprint density at radius 1 is 1.29 bits per heavy atom. The van der Waals surface area contributed by atoms with Crippen molar-refractivity contribution in [1.82, 2.24) is 10.1 Å². The number of hydrogen-bond donors (Lipinski definition) is 1. The summed E-state index contributed by atoms with van der Waals surface area (Å²) in [5.74, 6) is -0.554. The molecule has 0 bridgehead atoms. The summed E-state index contributed by atoms with van der Waals surface area (Å²) in [6.07, 6.45) is 0.134. The molecule has 0 aliphatic rings. The Labute approximate surface area is 123 Å². The maximum atomic E-state index is 13.6. The number of hydrogen-bond acceptors (Lipinski definition) is 5. The van der Waals surface area contributed by atoms with Crippen molar-refractivity contribution in [2.24, 2.45) is 0 Å². The summed E-state index contributed by atoms with van der Waals surface area (Å²) in [7, 11) is 0. The number of nitrogen functional groups attached to an aromatic ring is 1. The lowest BCUT2D eigenvalue weighted by Gasteiger charge is -1.99. The van der Waals surface area contributed by atoms with Gasteiger partial charge in [0.1, 0.15) is 11.6 Å². The molecule has 108 valence electrons. The van der Waals surface area contributed by atoms with Crippen LogP contribution in [-0.4, -0.2) is 10.1 Å². The van der Waals surface area contributed by atoms with Crippen LogP contribution in [0.3, 0.4) is 0 Å². The second kappa shape index (κ2) is 5.25. The molecule has 2 N–H and O–H groups in total. The van der Waals surface area contributed by atoms with Crippen LogP contribution in [-0.2, 0) is 6.42 Å². The fourth-order valence-electron chi connectivity index (χ4n) is 1.97. The number of aryl methyl sites for hydroxylation is 1. The van der Waals surface area contributed by atoms with Crippen molar-refractivity contribution in [3.05, 3.63) is 52.9 Å². The molecule has 0 saturated heterocycles. The number of anilines is 1. The molecule has 4 nitrogen and oxygen atoms in total. The van der Waals surface area contributed by atoms with Crippen molar-refractivity contribution < 1.29 is 13.3 Å². The van der Waals surface area contributed by atoms with Gasteiger partial charge >= 0.3 is 0 Å². The van der Waals surface area contributed by atoms with Crippen LogP contribution in [0.5, 0.6) is 0 Å². The highest BCUT2D eigenvalue weighted by molar-refractivity contribution is 7.19. The molecule has 3 rings (SSSR count). The van der Waals surface area contributed by atoms with Crippen LogP contribution in [0.2, 0.25) is 0 Å². The SMILES string of the molecule is Cc1cc(N)sc1-c1nc(Cc2ccc(F)cc2F)no1.